The molecule has 1 unspecified atom stereocenters. The third-order valence-electron chi connectivity index (χ3n) is 2.48. The number of allylic oxidation sites excluding steroid dienone is 1. The molecule has 0 saturated carbocycles. The van der Waals surface area contributed by atoms with Crippen molar-refractivity contribution in [2.24, 2.45) is 0 Å². The quantitative estimate of drug-likeness (QED) is 0.655. The predicted molar refractivity (Wildman–Crippen MR) is 67.1 cm³/mol. The molecule has 0 amide bonds. The van der Waals surface area contributed by atoms with Gasteiger partial charge in [0, 0.05) is 20.1 Å². The van der Waals surface area contributed by atoms with E-state index in [1.54, 1.807) is 7.11 Å². The molecule has 0 spiro atoms. The Kier molecular flexibility index (Phi) is 5.83. The van der Waals surface area contributed by atoms with Gasteiger partial charge in [0.15, 0.2) is 6.29 Å². The molecule has 0 fully saturated rings. The van der Waals surface area contributed by atoms with Gasteiger partial charge in [0.1, 0.15) is 0 Å². The van der Waals surface area contributed by atoms with Crippen LogP contribution in [0.5, 0.6) is 0 Å². The monoisotopic (exact) mass is 220 g/mol. The van der Waals surface area contributed by atoms with Crippen LogP contribution in [0.15, 0.2) is 36.9 Å². The molecule has 0 bridgehead atoms. The van der Waals surface area contributed by atoms with Gasteiger partial charge in [-0.1, -0.05) is 36.9 Å². The summed E-state index contributed by atoms with van der Waals surface area (Å²) < 4.78 is 10.6. The fourth-order valence-corrected chi connectivity index (χ4v) is 1.57. The maximum absolute atomic E-state index is 5.41. The first kappa shape index (κ1) is 12.9. The van der Waals surface area contributed by atoms with Gasteiger partial charge in [-0.2, -0.15) is 0 Å². The summed E-state index contributed by atoms with van der Waals surface area (Å²) >= 11 is 0. The molecule has 1 atom stereocenters. The summed E-state index contributed by atoms with van der Waals surface area (Å²) in [7, 11) is 1.67. The molecule has 1 rings (SSSR count). The summed E-state index contributed by atoms with van der Waals surface area (Å²) in [6, 6.07) is 10.2. The molecule has 1 aromatic rings. The maximum atomic E-state index is 5.41. The van der Waals surface area contributed by atoms with Gasteiger partial charge in [-0.05, 0) is 24.5 Å². The van der Waals surface area contributed by atoms with Crippen molar-refractivity contribution in [3.63, 3.8) is 0 Å². The van der Waals surface area contributed by atoms with Crippen LogP contribution < -0.4 is 0 Å². The Morgan fingerprint density at radius 3 is 2.56 bits per heavy atom. The van der Waals surface area contributed by atoms with Crippen LogP contribution in [-0.2, 0) is 9.47 Å². The minimum atomic E-state index is -0.120. The molecule has 0 aliphatic carbocycles. The molecule has 2 nitrogen and oxygen atoms in total. The highest BCUT2D eigenvalue weighted by Gasteiger charge is 2.07. The van der Waals surface area contributed by atoms with Crippen molar-refractivity contribution in [2.45, 2.75) is 26.1 Å². The van der Waals surface area contributed by atoms with Crippen LogP contribution in [0.2, 0.25) is 0 Å². The first-order valence-electron chi connectivity index (χ1n) is 5.65. The number of hydrogen-bond acceptors (Lipinski definition) is 2. The lowest BCUT2D eigenvalue weighted by Crippen LogP contribution is -2.15. The van der Waals surface area contributed by atoms with E-state index in [9.17, 15) is 0 Å². The van der Waals surface area contributed by atoms with Crippen LogP contribution in [0, 0.1) is 0 Å². The largest absolute Gasteiger partial charge is 0.356 e. The zero-order chi connectivity index (χ0) is 11.8. The van der Waals surface area contributed by atoms with Crippen molar-refractivity contribution < 1.29 is 9.47 Å². The van der Waals surface area contributed by atoms with Gasteiger partial charge in [0.05, 0.1) is 0 Å². The van der Waals surface area contributed by atoms with Crippen LogP contribution in [0.1, 0.15) is 25.3 Å². The fraction of sp³-hybridized carbons (Fsp3) is 0.429. The predicted octanol–water partition coefficient (Wildman–Crippen LogP) is 3.49. The van der Waals surface area contributed by atoms with Crippen molar-refractivity contribution in [3.8, 4) is 0 Å². The minimum Gasteiger partial charge on any atom is -0.356 e. The average Bonchev–Trinajstić information content (AvgIpc) is 2.35. The van der Waals surface area contributed by atoms with Gasteiger partial charge in [0.2, 0.25) is 0 Å². The fourth-order valence-electron chi connectivity index (χ4n) is 1.57. The Hall–Kier alpha value is -1.12. The summed E-state index contributed by atoms with van der Waals surface area (Å²) in [5, 5.41) is 0. The average molecular weight is 220 g/mol. The summed E-state index contributed by atoms with van der Waals surface area (Å²) in [6.45, 7) is 6.73. The molecule has 16 heavy (non-hydrogen) atoms. The van der Waals surface area contributed by atoms with E-state index in [0.717, 1.165) is 18.4 Å². The highest BCUT2D eigenvalue weighted by atomic mass is 16.7. The van der Waals surface area contributed by atoms with E-state index in [-0.39, 0.29) is 6.29 Å². The van der Waals surface area contributed by atoms with Crippen molar-refractivity contribution in [3.05, 3.63) is 42.5 Å². The molecule has 0 N–H and O–H groups in total. The number of rotatable bonds is 7. The van der Waals surface area contributed by atoms with E-state index in [0.29, 0.717) is 6.61 Å². The standard InChI is InChI=1S/C14H20O2/c1-4-16-14(15-3)11-10-12(2)13-8-6-5-7-9-13/h5-9,14H,2,4,10-11H2,1,3H3. The molecule has 0 aromatic heterocycles. The number of ether oxygens (including phenoxy) is 2. The second-order valence-corrected chi connectivity index (χ2v) is 3.63. The Morgan fingerprint density at radius 2 is 2.00 bits per heavy atom. The first-order valence-corrected chi connectivity index (χ1v) is 5.65. The zero-order valence-electron chi connectivity index (χ0n) is 10.1. The molecule has 88 valence electrons. The van der Waals surface area contributed by atoms with E-state index in [1.807, 2.05) is 25.1 Å². The zero-order valence-corrected chi connectivity index (χ0v) is 10.1. The van der Waals surface area contributed by atoms with Crippen LogP contribution in [-0.4, -0.2) is 20.0 Å². The van der Waals surface area contributed by atoms with Crippen molar-refractivity contribution in [1.82, 2.24) is 0 Å². The van der Waals surface area contributed by atoms with E-state index in [1.165, 1.54) is 5.56 Å². The number of methoxy groups -OCH3 is 1. The Bertz CT molecular complexity index is 306. The van der Waals surface area contributed by atoms with Crippen LogP contribution >= 0.6 is 0 Å². The molecule has 0 saturated heterocycles. The second kappa shape index (κ2) is 7.20. The summed E-state index contributed by atoms with van der Waals surface area (Å²) in [5.41, 5.74) is 2.32. The number of benzene rings is 1. The lowest BCUT2D eigenvalue weighted by atomic mass is 10.0. The highest BCUT2D eigenvalue weighted by Crippen LogP contribution is 2.19. The molecule has 0 aliphatic heterocycles. The van der Waals surface area contributed by atoms with Gasteiger partial charge in [-0.25, -0.2) is 0 Å². The summed E-state index contributed by atoms with van der Waals surface area (Å²) in [4.78, 5) is 0. The summed E-state index contributed by atoms with van der Waals surface area (Å²) in [6.07, 6.45) is 1.62. The van der Waals surface area contributed by atoms with E-state index in [4.69, 9.17) is 9.47 Å². The second-order valence-electron chi connectivity index (χ2n) is 3.63. The van der Waals surface area contributed by atoms with E-state index < -0.39 is 0 Å². The lowest BCUT2D eigenvalue weighted by Gasteiger charge is -2.15. The maximum Gasteiger partial charge on any atom is 0.157 e. The molecule has 0 radical (unpaired) electrons. The third-order valence-corrected chi connectivity index (χ3v) is 2.48. The molecule has 0 aliphatic rings. The van der Waals surface area contributed by atoms with Crippen LogP contribution in [0.3, 0.4) is 0 Å². The Balaban J connectivity index is 2.40. The van der Waals surface area contributed by atoms with Gasteiger partial charge >= 0.3 is 0 Å². The molecule has 2 heteroatoms. The van der Waals surface area contributed by atoms with E-state index >= 15 is 0 Å². The smallest absolute Gasteiger partial charge is 0.157 e. The Labute approximate surface area is 97.9 Å². The van der Waals surface area contributed by atoms with Gasteiger partial charge in [-0.3, -0.25) is 0 Å². The first-order chi connectivity index (χ1) is 7.77. The molecule has 0 heterocycles. The van der Waals surface area contributed by atoms with Gasteiger partial charge < -0.3 is 9.47 Å². The highest BCUT2D eigenvalue weighted by molar-refractivity contribution is 5.62. The van der Waals surface area contributed by atoms with Crippen LogP contribution in [0.25, 0.3) is 5.57 Å². The summed E-state index contributed by atoms with van der Waals surface area (Å²) in [5.74, 6) is 0. The number of hydrogen-bond donors (Lipinski definition) is 0. The normalized spacial score (nSPS) is 12.4. The SMILES string of the molecule is C=C(CCC(OC)OCC)c1ccccc1. The van der Waals surface area contributed by atoms with Gasteiger partial charge in [-0.15, -0.1) is 0 Å². The molecular weight excluding hydrogens is 200 g/mol. The van der Waals surface area contributed by atoms with Gasteiger partial charge in [0.25, 0.3) is 0 Å². The third kappa shape index (κ3) is 4.17. The van der Waals surface area contributed by atoms with Crippen molar-refractivity contribution >= 4 is 5.57 Å². The van der Waals surface area contributed by atoms with Crippen LogP contribution in [0.4, 0.5) is 0 Å². The minimum absolute atomic E-state index is 0.120. The topological polar surface area (TPSA) is 18.5 Å². The van der Waals surface area contributed by atoms with Crippen molar-refractivity contribution in [1.29, 1.82) is 0 Å². The Morgan fingerprint density at radius 1 is 1.31 bits per heavy atom. The van der Waals surface area contributed by atoms with E-state index in [2.05, 4.69) is 18.7 Å². The van der Waals surface area contributed by atoms with Crippen molar-refractivity contribution in [2.75, 3.05) is 13.7 Å². The molecular formula is C14H20O2. The lowest BCUT2D eigenvalue weighted by molar-refractivity contribution is -0.122. The molecule has 1 aromatic carbocycles.